The Morgan fingerprint density at radius 2 is 1.88 bits per heavy atom. The number of nitrogens with zero attached hydrogens (tertiary/aromatic N) is 3. The molecule has 0 spiro atoms. The molecule has 5 nitrogen and oxygen atoms in total. The lowest BCUT2D eigenvalue weighted by molar-refractivity contribution is -0.150. The Kier molecular flexibility index (Phi) is 5.05. The number of rotatable bonds is 2. The highest BCUT2D eigenvalue weighted by molar-refractivity contribution is 5.82. The normalized spacial score (nSPS) is 23.8. The van der Waals surface area contributed by atoms with Gasteiger partial charge in [-0.05, 0) is 12.1 Å². The molecular weight excluding hydrogens is 361 g/mol. The number of carbonyl (C=O) groups is 1. The Labute approximate surface area is 146 Å². The number of anilines is 1. The molecule has 1 aromatic rings. The number of piperidine rings is 1. The van der Waals surface area contributed by atoms with E-state index in [0.717, 1.165) is 12.3 Å². The number of hydrogen-bond acceptors (Lipinski definition) is 4. The predicted octanol–water partition coefficient (Wildman–Crippen LogP) is 2.56. The van der Waals surface area contributed by atoms with Crippen LogP contribution in [0.3, 0.4) is 0 Å². The van der Waals surface area contributed by atoms with Crippen LogP contribution in [0.15, 0.2) is 18.3 Å². The van der Waals surface area contributed by atoms with Crippen LogP contribution in [0.5, 0.6) is 0 Å². The summed E-state index contributed by atoms with van der Waals surface area (Å²) in [5.74, 6) is -3.12. The van der Waals surface area contributed by atoms with Gasteiger partial charge < -0.3 is 14.5 Å². The summed E-state index contributed by atoms with van der Waals surface area (Å²) in [5, 5.41) is 0. The quantitative estimate of drug-likeness (QED) is 0.741. The van der Waals surface area contributed by atoms with Gasteiger partial charge in [-0.3, -0.25) is 4.79 Å². The van der Waals surface area contributed by atoms with E-state index in [2.05, 4.69) is 4.98 Å². The average molecular weight is 379 g/mol. The number of morpholine rings is 1. The van der Waals surface area contributed by atoms with E-state index in [1.165, 1.54) is 11.0 Å². The molecule has 0 radical (unpaired) electrons. The lowest BCUT2D eigenvalue weighted by atomic mass is 10.1. The van der Waals surface area contributed by atoms with Gasteiger partial charge in [-0.15, -0.1) is 0 Å². The number of pyridine rings is 1. The fraction of sp³-hybridized carbons (Fsp3) is 0.625. The molecular formula is C16H18F5N3O2. The van der Waals surface area contributed by atoms with Crippen molar-refractivity contribution in [3.8, 4) is 0 Å². The maximum atomic E-state index is 13.2. The van der Waals surface area contributed by atoms with Crippen molar-refractivity contribution in [2.75, 3.05) is 37.7 Å². The number of ether oxygens (including phenoxy) is 1. The van der Waals surface area contributed by atoms with Crippen LogP contribution in [0.4, 0.5) is 27.6 Å². The van der Waals surface area contributed by atoms with Crippen molar-refractivity contribution in [3.05, 3.63) is 24.0 Å². The molecule has 10 heteroatoms. The van der Waals surface area contributed by atoms with Crippen LogP contribution in [0, 0.1) is 0 Å². The molecule has 2 aliphatic heterocycles. The third-order valence-corrected chi connectivity index (χ3v) is 4.55. The number of carbonyl (C=O) groups excluding carboxylic acids is 1. The zero-order valence-electron chi connectivity index (χ0n) is 13.8. The smallest absolute Gasteiger partial charge is 0.365 e. The first-order valence-electron chi connectivity index (χ1n) is 8.22. The van der Waals surface area contributed by atoms with E-state index in [-0.39, 0.29) is 45.0 Å². The number of amides is 1. The first-order chi connectivity index (χ1) is 12.2. The minimum atomic E-state index is -4.52. The molecule has 0 aliphatic carbocycles. The van der Waals surface area contributed by atoms with Crippen molar-refractivity contribution in [2.45, 2.75) is 31.0 Å². The second-order valence-corrected chi connectivity index (χ2v) is 6.39. The van der Waals surface area contributed by atoms with Gasteiger partial charge >= 0.3 is 6.18 Å². The first kappa shape index (κ1) is 18.8. The number of halogens is 5. The maximum Gasteiger partial charge on any atom is 0.433 e. The average Bonchev–Trinajstić information content (AvgIpc) is 2.61. The van der Waals surface area contributed by atoms with Crippen molar-refractivity contribution < 1.29 is 31.5 Å². The molecule has 26 heavy (non-hydrogen) atoms. The van der Waals surface area contributed by atoms with Crippen molar-refractivity contribution in [1.82, 2.24) is 9.88 Å². The molecule has 1 atom stereocenters. The Morgan fingerprint density at radius 3 is 2.46 bits per heavy atom. The zero-order chi connectivity index (χ0) is 18.9. The van der Waals surface area contributed by atoms with Gasteiger partial charge in [0.1, 0.15) is 5.69 Å². The van der Waals surface area contributed by atoms with Crippen LogP contribution >= 0.6 is 0 Å². The van der Waals surface area contributed by atoms with Crippen molar-refractivity contribution in [1.29, 1.82) is 0 Å². The number of likely N-dealkylation sites (tertiary alicyclic amines) is 1. The number of hydrogen-bond donors (Lipinski definition) is 0. The Balaban J connectivity index is 1.63. The molecule has 0 bridgehead atoms. The van der Waals surface area contributed by atoms with E-state index in [0.29, 0.717) is 12.2 Å². The summed E-state index contributed by atoms with van der Waals surface area (Å²) in [6.45, 7) is 0.677. The molecule has 0 N–H and O–H groups in total. The Hall–Kier alpha value is -1.97. The molecule has 3 heterocycles. The van der Waals surface area contributed by atoms with Gasteiger partial charge in [0.15, 0.2) is 6.10 Å². The van der Waals surface area contributed by atoms with Crippen LogP contribution < -0.4 is 4.90 Å². The third kappa shape index (κ3) is 4.22. The second-order valence-electron chi connectivity index (χ2n) is 6.39. The van der Waals surface area contributed by atoms with E-state index in [4.69, 9.17) is 4.74 Å². The summed E-state index contributed by atoms with van der Waals surface area (Å²) in [5.41, 5.74) is -0.541. The fourth-order valence-corrected chi connectivity index (χ4v) is 3.03. The lowest BCUT2D eigenvalue weighted by Crippen LogP contribution is -2.53. The molecule has 1 unspecified atom stereocenters. The highest BCUT2D eigenvalue weighted by Crippen LogP contribution is 2.30. The molecule has 3 rings (SSSR count). The summed E-state index contributed by atoms with van der Waals surface area (Å²) < 4.78 is 69.7. The van der Waals surface area contributed by atoms with Crippen molar-refractivity contribution in [2.24, 2.45) is 0 Å². The van der Waals surface area contributed by atoms with Gasteiger partial charge in [0.2, 0.25) is 0 Å². The number of alkyl halides is 5. The molecule has 2 fully saturated rings. The topological polar surface area (TPSA) is 45.7 Å². The van der Waals surface area contributed by atoms with Gasteiger partial charge in [0.25, 0.3) is 11.8 Å². The first-order valence-corrected chi connectivity index (χ1v) is 8.22. The molecule has 144 valence electrons. The van der Waals surface area contributed by atoms with Gasteiger partial charge in [-0.25, -0.2) is 13.8 Å². The van der Waals surface area contributed by atoms with Gasteiger partial charge in [0, 0.05) is 32.5 Å². The zero-order valence-corrected chi connectivity index (χ0v) is 13.8. The summed E-state index contributed by atoms with van der Waals surface area (Å²) >= 11 is 0. The molecule has 1 amide bonds. The summed E-state index contributed by atoms with van der Waals surface area (Å²) in [6, 6.07) is 2.18. The van der Waals surface area contributed by atoms with E-state index >= 15 is 0 Å². The van der Waals surface area contributed by atoms with E-state index < -0.39 is 23.9 Å². The van der Waals surface area contributed by atoms with Gasteiger partial charge in [-0.2, -0.15) is 13.2 Å². The molecule has 2 saturated heterocycles. The van der Waals surface area contributed by atoms with Crippen LogP contribution in [-0.4, -0.2) is 60.6 Å². The highest BCUT2D eigenvalue weighted by Gasteiger charge is 2.39. The van der Waals surface area contributed by atoms with Crippen LogP contribution in [0.25, 0.3) is 0 Å². The monoisotopic (exact) mass is 379 g/mol. The van der Waals surface area contributed by atoms with E-state index in [1.54, 1.807) is 4.90 Å². The van der Waals surface area contributed by atoms with Gasteiger partial charge in [0.05, 0.1) is 25.0 Å². The summed E-state index contributed by atoms with van der Waals surface area (Å²) in [4.78, 5) is 19.0. The van der Waals surface area contributed by atoms with Crippen molar-refractivity contribution in [3.63, 3.8) is 0 Å². The summed E-state index contributed by atoms with van der Waals surface area (Å²) in [7, 11) is 0. The molecule has 0 saturated carbocycles. The van der Waals surface area contributed by atoms with E-state index in [9.17, 15) is 26.7 Å². The lowest BCUT2D eigenvalue weighted by Gasteiger charge is -2.38. The van der Waals surface area contributed by atoms with E-state index in [1.807, 2.05) is 0 Å². The SMILES string of the molecule is O=C(C1CN(c2ccc(C(F)(F)F)nc2)CCO1)N1CCC(F)(F)CC1. The molecule has 2 aliphatic rings. The maximum absolute atomic E-state index is 13.2. The van der Waals surface area contributed by atoms with Crippen LogP contribution in [0.1, 0.15) is 18.5 Å². The molecule has 1 aromatic heterocycles. The van der Waals surface area contributed by atoms with Crippen LogP contribution in [-0.2, 0) is 15.7 Å². The predicted molar refractivity (Wildman–Crippen MR) is 82.0 cm³/mol. The highest BCUT2D eigenvalue weighted by atomic mass is 19.4. The fourth-order valence-electron chi connectivity index (χ4n) is 3.03. The third-order valence-electron chi connectivity index (χ3n) is 4.55. The molecule has 0 aromatic carbocycles. The van der Waals surface area contributed by atoms with Gasteiger partial charge in [-0.1, -0.05) is 0 Å². The minimum absolute atomic E-state index is 0.0342. The summed E-state index contributed by atoms with van der Waals surface area (Å²) in [6.07, 6.45) is -5.00. The minimum Gasteiger partial charge on any atom is -0.365 e. The second kappa shape index (κ2) is 6.98. The number of aromatic nitrogens is 1. The standard InChI is InChI=1S/C16H18F5N3O2/c17-15(18)3-5-23(6-4-15)14(25)12-10-24(7-8-26-12)11-1-2-13(22-9-11)16(19,20)21/h1-2,9,12H,3-8,10H2. The Bertz CT molecular complexity index is 640. The largest absolute Gasteiger partial charge is 0.433 e. The van der Waals surface area contributed by atoms with Crippen LogP contribution in [0.2, 0.25) is 0 Å². The van der Waals surface area contributed by atoms with Crippen molar-refractivity contribution >= 4 is 11.6 Å². The Morgan fingerprint density at radius 1 is 1.19 bits per heavy atom.